The zero-order valence-electron chi connectivity index (χ0n) is 10.1. The van der Waals surface area contributed by atoms with E-state index in [-0.39, 0.29) is 12.1 Å². The summed E-state index contributed by atoms with van der Waals surface area (Å²) in [6, 6.07) is 1.58. The molecule has 10 nitrogen and oxygen atoms in total. The standard InChI is InChI=1S/C10H11N3O7/c14-4-3-8(10(15)16)11-7-2-1-6(12(17)18)5-9(7)13(19)20/h1-2,5,8,11,14H,3-4H2,(H,15,16)/t8-/m0/s1. The molecule has 0 bridgehead atoms. The number of nitro groups is 2. The van der Waals surface area contributed by atoms with E-state index in [1.54, 1.807) is 0 Å². The molecule has 1 atom stereocenters. The first kappa shape index (κ1) is 15.3. The third kappa shape index (κ3) is 3.62. The molecule has 108 valence electrons. The van der Waals surface area contributed by atoms with E-state index in [9.17, 15) is 25.0 Å². The molecule has 1 aromatic rings. The van der Waals surface area contributed by atoms with Gasteiger partial charge in [-0.2, -0.15) is 0 Å². The quantitative estimate of drug-likeness (QED) is 0.489. The summed E-state index contributed by atoms with van der Waals surface area (Å²) in [6.07, 6.45) is -0.163. The molecular weight excluding hydrogens is 274 g/mol. The Morgan fingerprint density at radius 2 is 1.95 bits per heavy atom. The molecule has 1 rings (SSSR count). The maximum Gasteiger partial charge on any atom is 0.326 e. The van der Waals surface area contributed by atoms with Crippen molar-refractivity contribution < 1.29 is 24.9 Å². The average Bonchev–Trinajstić information content (AvgIpc) is 2.37. The Hall–Kier alpha value is -2.75. The molecule has 20 heavy (non-hydrogen) atoms. The summed E-state index contributed by atoms with van der Waals surface area (Å²) in [7, 11) is 0. The highest BCUT2D eigenvalue weighted by Gasteiger charge is 2.24. The van der Waals surface area contributed by atoms with Crippen LogP contribution in [0.15, 0.2) is 18.2 Å². The van der Waals surface area contributed by atoms with Crippen LogP contribution in [0.1, 0.15) is 6.42 Å². The first-order chi connectivity index (χ1) is 9.36. The highest BCUT2D eigenvalue weighted by Crippen LogP contribution is 2.29. The smallest absolute Gasteiger partial charge is 0.326 e. The van der Waals surface area contributed by atoms with Crippen molar-refractivity contribution in [1.82, 2.24) is 0 Å². The first-order valence-electron chi connectivity index (χ1n) is 5.40. The number of nitrogens with zero attached hydrogens (tertiary/aromatic N) is 2. The number of aliphatic hydroxyl groups excluding tert-OH is 1. The molecule has 3 N–H and O–H groups in total. The summed E-state index contributed by atoms with van der Waals surface area (Å²) in [4.78, 5) is 30.7. The fourth-order valence-corrected chi connectivity index (χ4v) is 1.48. The van der Waals surface area contributed by atoms with Crippen molar-refractivity contribution in [2.24, 2.45) is 0 Å². The lowest BCUT2D eigenvalue weighted by Crippen LogP contribution is -2.30. The SMILES string of the molecule is O=C(O)[C@H](CCO)Nc1ccc([N+](=O)[O-])cc1[N+](=O)[O-]. The van der Waals surface area contributed by atoms with Crippen LogP contribution in [-0.4, -0.2) is 38.7 Å². The molecule has 0 saturated heterocycles. The lowest BCUT2D eigenvalue weighted by Gasteiger charge is -2.14. The van der Waals surface area contributed by atoms with Gasteiger partial charge in [-0.25, -0.2) is 4.79 Å². The predicted octanol–water partition coefficient (Wildman–Crippen LogP) is 0.750. The van der Waals surface area contributed by atoms with Crippen molar-refractivity contribution in [2.45, 2.75) is 12.5 Å². The molecule has 10 heteroatoms. The summed E-state index contributed by atoms with van der Waals surface area (Å²) in [5.41, 5.74) is -1.25. The number of aliphatic carboxylic acids is 1. The molecule has 0 fully saturated rings. The molecule has 0 aromatic heterocycles. The number of anilines is 1. The van der Waals surface area contributed by atoms with Crippen LogP contribution < -0.4 is 5.32 Å². The van der Waals surface area contributed by atoms with Crippen molar-refractivity contribution in [3.05, 3.63) is 38.4 Å². The van der Waals surface area contributed by atoms with Crippen molar-refractivity contribution in [3.63, 3.8) is 0 Å². The lowest BCUT2D eigenvalue weighted by molar-refractivity contribution is -0.393. The number of non-ortho nitro benzene ring substituents is 1. The van der Waals surface area contributed by atoms with Gasteiger partial charge in [-0.3, -0.25) is 20.2 Å². The minimum atomic E-state index is -1.30. The van der Waals surface area contributed by atoms with E-state index >= 15 is 0 Å². The molecule has 0 aliphatic rings. The normalized spacial score (nSPS) is 11.7. The second kappa shape index (κ2) is 6.43. The lowest BCUT2D eigenvalue weighted by atomic mass is 10.1. The van der Waals surface area contributed by atoms with Crippen LogP contribution in [0.5, 0.6) is 0 Å². The zero-order chi connectivity index (χ0) is 15.3. The van der Waals surface area contributed by atoms with Gasteiger partial charge in [0.15, 0.2) is 0 Å². The second-order valence-electron chi connectivity index (χ2n) is 3.76. The van der Waals surface area contributed by atoms with Gasteiger partial charge >= 0.3 is 5.97 Å². The van der Waals surface area contributed by atoms with E-state index in [4.69, 9.17) is 10.2 Å². The van der Waals surface area contributed by atoms with Gasteiger partial charge in [0.2, 0.25) is 0 Å². The number of rotatable bonds is 7. The Morgan fingerprint density at radius 3 is 2.40 bits per heavy atom. The molecule has 0 unspecified atom stereocenters. The molecule has 0 aliphatic carbocycles. The Bertz CT molecular complexity index is 546. The van der Waals surface area contributed by atoms with E-state index in [0.717, 1.165) is 18.2 Å². The van der Waals surface area contributed by atoms with Crippen molar-refractivity contribution in [3.8, 4) is 0 Å². The number of carboxylic acids is 1. The van der Waals surface area contributed by atoms with Crippen LogP contribution in [-0.2, 0) is 4.79 Å². The number of carboxylic acid groups (broad SMARTS) is 1. The van der Waals surface area contributed by atoms with Gasteiger partial charge < -0.3 is 15.5 Å². The van der Waals surface area contributed by atoms with Crippen LogP contribution in [0.3, 0.4) is 0 Å². The van der Waals surface area contributed by atoms with Crippen LogP contribution in [0, 0.1) is 20.2 Å². The van der Waals surface area contributed by atoms with E-state index in [0.29, 0.717) is 0 Å². The van der Waals surface area contributed by atoms with E-state index in [2.05, 4.69) is 5.32 Å². The maximum absolute atomic E-state index is 10.9. The highest BCUT2D eigenvalue weighted by atomic mass is 16.6. The maximum atomic E-state index is 10.9. The van der Waals surface area contributed by atoms with Crippen molar-refractivity contribution in [1.29, 1.82) is 0 Å². The average molecular weight is 285 g/mol. The highest BCUT2D eigenvalue weighted by molar-refractivity contribution is 5.79. The third-order valence-electron chi connectivity index (χ3n) is 2.43. The fraction of sp³-hybridized carbons (Fsp3) is 0.300. The number of hydrogen-bond acceptors (Lipinski definition) is 7. The number of hydrogen-bond donors (Lipinski definition) is 3. The minimum Gasteiger partial charge on any atom is -0.480 e. The largest absolute Gasteiger partial charge is 0.480 e. The Morgan fingerprint density at radius 1 is 1.30 bits per heavy atom. The Labute approximate surface area is 111 Å². The second-order valence-corrected chi connectivity index (χ2v) is 3.76. The number of aliphatic hydroxyl groups is 1. The molecule has 1 aromatic carbocycles. The van der Waals surface area contributed by atoms with Gasteiger partial charge in [0.25, 0.3) is 11.4 Å². The number of nitrogens with one attached hydrogen (secondary N) is 1. The monoisotopic (exact) mass is 285 g/mol. The zero-order valence-corrected chi connectivity index (χ0v) is 10.1. The summed E-state index contributed by atoms with van der Waals surface area (Å²) in [5, 5.41) is 41.4. The molecule has 0 radical (unpaired) electrons. The van der Waals surface area contributed by atoms with E-state index < -0.39 is 39.8 Å². The van der Waals surface area contributed by atoms with Gasteiger partial charge in [0, 0.05) is 19.1 Å². The van der Waals surface area contributed by atoms with Crippen LogP contribution in [0.25, 0.3) is 0 Å². The predicted molar refractivity (Wildman–Crippen MR) is 66.5 cm³/mol. The first-order valence-corrected chi connectivity index (χ1v) is 5.40. The van der Waals surface area contributed by atoms with Gasteiger partial charge in [-0.05, 0) is 6.07 Å². The summed E-state index contributed by atoms with van der Waals surface area (Å²) >= 11 is 0. The summed E-state index contributed by atoms with van der Waals surface area (Å²) < 4.78 is 0. The van der Waals surface area contributed by atoms with Gasteiger partial charge in [0.1, 0.15) is 11.7 Å². The van der Waals surface area contributed by atoms with Crippen LogP contribution >= 0.6 is 0 Å². The molecule has 0 spiro atoms. The van der Waals surface area contributed by atoms with E-state index in [1.165, 1.54) is 0 Å². The van der Waals surface area contributed by atoms with Crippen molar-refractivity contribution in [2.75, 3.05) is 11.9 Å². The van der Waals surface area contributed by atoms with Crippen LogP contribution in [0.2, 0.25) is 0 Å². The van der Waals surface area contributed by atoms with Gasteiger partial charge in [-0.15, -0.1) is 0 Å². The number of benzene rings is 1. The summed E-state index contributed by atoms with van der Waals surface area (Å²) in [6.45, 7) is -0.426. The van der Waals surface area contributed by atoms with Gasteiger partial charge in [0.05, 0.1) is 15.9 Å². The molecule has 0 aliphatic heterocycles. The molecule has 0 heterocycles. The molecule has 0 amide bonds. The molecular formula is C10H11N3O7. The topological polar surface area (TPSA) is 156 Å². The summed E-state index contributed by atoms with van der Waals surface area (Å²) in [5.74, 6) is -1.30. The Balaban J connectivity index is 3.13. The number of carbonyl (C=O) groups is 1. The van der Waals surface area contributed by atoms with Crippen molar-refractivity contribution >= 4 is 23.0 Å². The van der Waals surface area contributed by atoms with Gasteiger partial charge in [-0.1, -0.05) is 0 Å². The Kier molecular flexibility index (Phi) is 4.92. The van der Waals surface area contributed by atoms with Crippen LogP contribution in [0.4, 0.5) is 17.1 Å². The minimum absolute atomic E-state index is 0.163. The van der Waals surface area contributed by atoms with E-state index in [1.807, 2.05) is 0 Å². The third-order valence-corrected chi connectivity index (χ3v) is 2.43. The fourth-order valence-electron chi connectivity index (χ4n) is 1.48. The number of nitro benzene ring substituents is 2. The molecule has 0 saturated carbocycles.